The summed E-state index contributed by atoms with van der Waals surface area (Å²) in [7, 11) is 0. The van der Waals surface area contributed by atoms with Crippen molar-refractivity contribution in [2.75, 3.05) is 6.61 Å². The maximum atomic E-state index is 9.87. The van der Waals surface area contributed by atoms with Gasteiger partial charge in [-0.25, -0.2) is 0 Å². The number of benzene rings is 1. The summed E-state index contributed by atoms with van der Waals surface area (Å²) in [5.41, 5.74) is 3.37. The van der Waals surface area contributed by atoms with Gasteiger partial charge in [-0.15, -0.1) is 0 Å². The Labute approximate surface area is 131 Å². The fourth-order valence-electron chi connectivity index (χ4n) is 3.08. The van der Waals surface area contributed by atoms with Crippen LogP contribution in [0.1, 0.15) is 35.4 Å². The molecule has 1 unspecified atom stereocenters. The first-order valence-corrected chi connectivity index (χ1v) is 7.99. The van der Waals surface area contributed by atoms with Gasteiger partial charge in [0.2, 0.25) is 0 Å². The molecule has 1 N–H and O–H groups in total. The molecule has 0 bridgehead atoms. The Morgan fingerprint density at radius 3 is 2.50 bits per heavy atom. The monoisotopic (exact) mass is 300 g/mol. The Morgan fingerprint density at radius 2 is 1.95 bits per heavy atom. The number of hydrogen-bond donors (Lipinski definition) is 1. The van der Waals surface area contributed by atoms with E-state index in [4.69, 9.17) is 4.52 Å². The third-order valence-corrected chi connectivity index (χ3v) is 4.59. The van der Waals surface area contributed by atoms with Crippen LogP contribution in [0.3, 0.4) is 0 Å². The number of aromatic nitrogens is 1. The zero-order chi connectivity index (χ0) is 15.5. The molecule has 1 heterocycles. The molecule has 0 saturated heterocycles. The number of aryl methyl sites for hydroxylation is 2. The molecule has 22 heavy (non-hydrogen) atoms. The standard InChI is InChI=1S/C18H24N2O2/c1-13-17(14(2)22-19-13)11-20(18(12-21)16-8-9-16)10-15-6-4-3-5-7-15/h3-7,16,18,21H,8-12H2,1-2H3. The molecule has 2 aromatic rings. The summed E-state index contributed by atoms with van der Waals surface area (Å²) < 4.78 is 5.30. The minimum atomic E-state index is 0.209. The topological polar surface area (TPSA) is 49.5 Å². The third kappa shape index (κ3) is 3.39. The molecule has 0 aliphatic heterocycles. The van der Waals surface area contributed by atoms with E-state index >= 15 is 0 Å². The summed E-state index contributed by atoms with van der Waals surface area (Å²) in [6.45, 7) is 5.77. The summed E-state index contributed by atoms with van der Waals surface area (Å²) in [6.07, 6.45) is 2.44. The van der Waals surface area contributed by atoms with Crippen molar-refractivity contribution in [3.8, 4) is 0 Å². The summed E-state index contributed by atoms with van der Waals surface area (Å²) in [4.78, 5) is 2.37. The van der Waals surface area contributed by atoms with Gasteiger partial charge < -0.3 is 9.63 Å². The molecule has 3 rings (SSSR count). The quantitative estimate of drug-likeness (QED) is 0.854. The van der Waals surface area contributed by atoms with Crippen molar-refractivity contribution in [3.63, 3.8) is 0 Å². The van der Waals surface area contributed by atoms with Gasteiger partial charge in [-0.05, 0) is 38.2 Å². The Bertz CT molecular complexity index is 585. The lowest BCUT2D eigenvalue weighted by molar-refractivity contribution is 0.0939. The van der Waals surface area contributed by atoms with E-state index in [0.29, 0.717) is 5.92 Å². The van der Waals surface area contributed by atoms with E-state index in [1.165, 1.54) is 18.4 Å². The summed E-state index contributed by atoms with van der Waals surface area (Å²) in [5, 5.41) is 13.9. The first-order valence-electron chi connectivity index (χ1n) is 7.99. The van der Waals surface area contributed by atoms with Crippen molar-refractivity contribution in [2.45, 2.75) is 45.8 Å². The van der Waals surface area contributed by atoms with Crippen molar-refractivity contribution in [2.24, 2.45) is 5.92 Å². The van der Waals surface area contributed by atoms with Gasteiger partial charge >= 0.3 is 0 Å². The molecule has 1 aliphatic rings. The smallest absolute Gasteiger partial charge is 0.138 e. The van der Waals surface area contributed by atoms with Crippen LogP contribution in [-0.4, -0.2) is 27.8 Å². The van der Waals surface area contributed by atoms with E-state index in [9.17, 15) is 5.11 Å². The Hall–Kier alpha value is -1.65. The van der Waals surface area contributed by atoms with Gasteiger partial charge in [0.15, 0.2) is 0 Å². The molecule has 1 atom stereocenters. The molecule has 4 nitrogen and oxygen atoms in total. The van der Waals surface area contributed by atoms with E-state index in [0.717, 1.165) is 30.1 Å². The average Bonchev–Trinajstić information content (AvgIpc) is 3.31. The molecule has 1 fully saturated rings. The Kier molecular flexibility index (Phi) is 4.60. The largest absolute Gasteiger partial charge is 0.395 e. The number of aliphatic hydroxyl groups is 1. The van der Waals surface area contributed by atoms with Crippen molar-refractivity contribution < 1.29 is 9.63 Å². The zero-order valence-electron chi connectivity index (χ0n) is 13.3. The highest BCUT2D eigenvalue weighted by Crippen LogP contribution is 2.36. The molecular formula is C18H24N2O2. The second kappa shape index (κ2) is 6.63. The van der Waals surface area contributed by atoms with Crippen LogP contribution in [0.25, 0.3) is 0 Å². The van der Waals surface area contributed by atoms with Crippen LogP contribution in [-0.2, 0) is 13.1 Å². The lowest BCUT2D eigenvalue weighted by Crippen LogP contribution is -2.39. The highest BCUT2D eigenvalue weighted by Gasteiger charge is 2.35. The van der Waals surface area contributed by atoms with Crippen LogP contribution in [0.4, 0.5) is 0 Å². The first-order chi connectivity index (χ1) is 10.7. The van der Waals surface area contributed by atoms with Gasteiger partial charge in [-0.3, -0.25) is 4.90 Å². The molecular weight excluding hydrogens is 276 g/mol. The lowest BCUT2D eigenvalue weighted by atomic mass is 10.1. The molecule has 0 radical (unpaired) electrons. The van der Waals surface area contributed by atoms with Gasteiger partial charge in [-0.2, -0.15) is 0 Å². The number of nitrogens with zero attached hydrogens (tertiary/aromatic N) is 2. The lowest BCUT2D eigenvalue weighted by Gasteiger charge is -2.30. The molecule has 1 aliphatic carbocycles. The van der Waals surface area contributed by atoms with Gasteiger partial charge in [0.1, 0.15) is 5.76 Å². The third-order valence-electron chi connectivity index (χ3n) is 4.59. The van der Waals surface area contributed by atoms with Gasteiger partial charge in [0.25, 0.3) is 0 Å². The fraction of sp³-hybridized carbons (Fsp3) is 0.500. The minimum Gasteiger partial charge on any atom is -0.395 e. The maximum absolute atomic E-state index is 9.87. The first kappa shape index (κ1) is 15.3. The van der Waals surface area contributed by atoms with Crippen molar-refractivity contribution >= 4 is 0 Å². The van der Waals surface area contributed by atoms with E-state index in [2.05, 4.69) is 34.3 Å². The number of hydrogen-bond acceptors (Lipinski definition) is 4. The maximum Gasteiger partial charge on any atom is 0.138 e. The molecule has 1 saturated carbocycles. The van der Waals surface area contributed by atoms with Crippen LogP contribution >= 0.6 is 0 Å². The summed E-state index contributed by atoms with van der Waals surface area (Å²) >= 11 is 0. The van der Waals surface area contributed by atoms with E-state index in [-0.39, 0.29) is 12.6 Å². The predicted octanol–water partition coefficient (Wildman–Crippen LogP) is 3.06. The second-order valence-electron chi connectivity index (χ2n) is 6.28. The second-order valence-corrected chi connectivity index (χ2v) is 6.28. The summed E-state index contributed by atoms with van der Waals surface area (Å²) in [6, 6.07) is 10.7. The predicted molar refractivity (Wildman–Crippen MR) is 85.3 cm³/mol. The minimum absolute atomic E-state index is 0.209. The molecule has 0 amide bonds. The SMILES string of the molecule is Cc1noc(C)c1CN(Cc1ccccc1)C(CO)C1CC1. The fourth-order valence-corrected chi connectivity index (χ4v) is 3.08. The Morgan fingerprint density at radius 1 is 1.23 bits per heavy atom. The van der Waals surface area contributed by atoms with E-state index in [1.54, 1.807) is 0 Å². The highest BCUT2D eigenvalue weighted by molar-refractivity contribution is 5.22. The van der Waals surface area contributed by atoms with Crippen molar-refractivity contribution in [1.82, 2.24) is 10.1 Å². The molecule has 118 valence electrons. The van der Waals surface area contributed by atoms with Crippen LogP contribution in [0.2, 0.25) is 0 Å². The summed E-state index contributed by atoms with van der Waals surface area (Å²) in [5.74, 6) is 1.50. The molecule has 1 aromatic heterocycles. The molecule has 4 heteroatoms. The zero-order valence-corrected chi connectivity index (χ0v) is 13.3. The van der Waals surface area contributed by atoms with Crippen LogP contribution in [0, 0.1) is 19.8 Å². The van der Waals surface area contributed by atoms with E-state index < -0.39 is 0 Å². The van der Waals surface area contributed by atoms with Crippen molar-refractivity contribution in [3.05, 3.63) is 52.9 Å². The Balaban J connectivity index is 1.82. The van der Waals surface area contributed by atoms with Crippen molar-refractivity contribution in [1.29, 1.82) is 0 Å². The highest BCUT2D eigenvalue weighted by atomic mass is 16.5. The average molecular weight is 300 g/mol. The number of rotatable bonds is 7. The number of aliphatic hydroxyl groups excluding tert-OH is 1. The van der Waals surface area contributed by atoms with Crippen LogP contribution in [0.5, 0.6) is 0 Å². The molecule has 0 spiro atoms. The normalized spacial score (nSPS) is 16.2. The van der Waals surface area contributed by atoms with Crippen LogP contribution < -0.4 is 0 Å². The molecule has 1 aromatic carbocycles. The van der Waals surface area contributed by atoms with Gasteiger partial charge in [0.05, 0.1) is 12.3 Å². The van der Waals surface area contributed by atoms with Gasteiger partial charge in [0, 0.05) is 24.7 Å². The van der Waals surface area contributed by atoms with E-state index in [1.807, 2.05) is 19.9 Å². The van der Waals surface area contributed by atoms with Crippen LogP contribution in [0.15, 0.2) is 34.9 Å². The van der Waals surface area contributed by atoms with Gasteiger partial charge in [-0.1, -0.05) is 35.5 Å².